The van der Waals surface area contributed by atoms with Crippen LogP contribution >= 0.6 is 0 Å². The van der Waals surface area contributed by atoms with E-state index >= 15 is 0 Å². The number of hydrogen-bond donors (Lipinski definition) is 2. The molecule has 13 nitrogen and oxygen atoms in total. The Bertz CT molecular complexity index is 1550. The average Bonchev–Trinajstić information content (AvgIpc) is 3.71. The molecule has 3 fully saturated rings. The van der Waals surface area contributed by atoms with E-state index in [1.165, 1.54) is 0 Å². The minimum absolute atomic E-state index is 0.204. The fourth-order valence-corrected chi connectivity index (χ4v) is 5.78. The summed E-state index contributed by atoms with van der Waals surface area (Å²) in [5, 5.41) is 20.4. The second-order valence-corrected chi connectivity index (χ2v) is 11.9. The van der Waals surface area contributed by atoms with Crippen LogP contribution in [0.25, 0.3) is 0 Å². The zero-order valence-electron chi connectivity index (χ0n) is 26.2. The number of carbonyl (C=O) groups is 3. The third-order valence-electron chi connectivity index (χ3n) is 8.05. The van der Waals surface area contributed by atoms with Gasteiger partial charge in [0.05, 0.1) is 23.3 Å². The third kappa shape index (κ3) is 7.42. The molecule has 0 radical (unpaired) electrons. The molecule has 0 unspecified atom stereocenters. The summed E-state index contributed by atoms with van der Waals surface area (Å²) < 4.78 is 47.7. The number of carbonyl (C=O) groups excluding carboxylic acids is 3. The van der Waals surface area contributed by atoms with E-state index in [0.717, 1.165) is 0 Å². The third-order valence-corrected chi connectivity index (χ3v) is 8.05. The summed E-state index contributed by atoms with van der Waals surface area (Å²) in [6.45, 7) is 2.27. The van der Waals surface area contributed by atoms with Gasteiger partial charge in [-0.15, -0.1) is 0 Å². The molecule has 3 heterocycles. The lowest BCUT2D eigenvalue weighted by molar-refractivity contribution is -0.258. The van der Waals surface area contributed by atoms with Gasteiger partial charge in [-0.2, -0.15) is 0 Å². The molecule has 0 spiro atoms. The van der Waals surface area contributed by atoms with Crippen LogP contribution in [-0.4, -0.2) is 102 Å². The van der Waals surface area contributed by atoms with Gasteiger partial charge >= 0.3 is 17.9 Å². The summed E-state index contributed by atoms with van der Waals surface area (Å²) in [7, 11) is 0. The van der Waals surface area contributed by atoms with Gasteiger partial charge in [-0.25, -0.2) is 14.4 Å². The molecular formula is C35H36O13. The van der Waals surface area contributed by atoms with E-state index in [9.17, 15) is 24.6 Å². The Kier molecular flexibility index (Phi) is 10.2. The fourth-order valence-electron chi connectivity index (χ4n) is 5.78. The van der Waals surface area contributed by atoms with Crippen molar-refractivity contribution >= 4 is 17.9 Å². The van der Waals surface area contributed by atoms with Crippen molar-refractivity contribution in [2.24, 2.45) is 0 Å². The maximum absolute atomic E-state index is 13.4. The molecule has 13 heteroatoms. The minimum atomic E-state index is -1.46. The minimum Gasteiger partial charge on any atom is -0.459 e. The van der Waals surface area contributed by atoms with Crippen molar-refractivity contribution in [1.29, 1.82) is 0 Å². The highest BCUT2D eigenvalue weighted by Gasteiger charge is 2.60. The Balaban J connectivity index is 1.32. The van der Waals surface area contributed by atoms with Gasteiger partial charge in [-0.1, -0.05) is 54.6 Å². The van der Waals surface area contributed by atoms with Gasteiger partial charge in [0.2, 0.25) is 0 Å². The SMILES string of the molecule is CC1(C)O[C@H]2O[C@@H]([C@H](O)CO)[C@H](O[C@@H]3O[C@@H](COC(=O)c4ccccc4)[C@H](OC(=O)c4ccccc4)[C@H]3OC(=O)c3ccccc3)[C@H]2O1. The van der Waals surface area contributed by atoms with Crippen LogP contribution in [0.3, 0.4) is 0 Å². The Morgan fingerprint density at radius 3 is 1.79 bits per heavy atom. The van der Waals surface area contributed by atoms with Gasteiger partial charge in [0.25, 0.3) is 0 Å². The number of ether oxygens (including phenoxy) is 8. The molecule has 3 saturated heterocycles. The summed E-state index contributed by atoms with van der Waals surface area (Å²) >= 11 is 0. The molecule has 254 valence electrons. The number of aliphatic hydroxyl groups is 2. The maximum atomic E-state index is 13.4. The molecular weight excluding hydrogens is 628 g/mol. The van der Waals surface area contributed by atoms with Crippen LogP contribution in [0.5, 0.6) is 0 Å². The lowest BCUT2D eigenvalue weighted by Crippen LogP contribution is -2.48. The van der Waals surface area contributed by atoms with Gasteiger partial charge in [0, 0.05) is 0 Å². The molecule has 0 aromatic heterocycles. The Labute approximate surface area is 276 Å². The predicted molar refractivity (Wildman–Crippen MR) is 163 cm³/mol. The zero-order valence-corrected chi connectivity index (χ0v) is 26.2. The Morgan fingerprint density at radius 2 is 1.25 bits per heavy atom. The largest absolute Gasteiger partial charge is 0.459 e. The Hall–Kier alpha value is -4.21. The average molecular weight is 665 g/mol. The number of aliphatic hydroxyl groups excluding tert-OH is 2. The number of hydrogen-bond acceptors (Lipinski definition) is 13. The molecule has 9 atom stereocenters. The first-order chi connectivity index (χ1) is 23.1. The standard InChI is InChI=1S/C35H36O13/c1-35(2)47-29-27(25(23(37)18-36)45-34(29)48-35)46-33-28(44-32(40)22-16-10-5-11-17-22)26(43-31(39)21-14-8-4-9-15-21)24(42-33)19-41-30(38)20-12-6-3-7-13-20/h3-17,23-29,33-34,36-37H,18-19H2,1-2H3/t23-,24+,25+,26+,27+,28-,29-,33+,34-/m1/s1. The molecule has 48 heavy (non-hydrogen) atoms. The molecule has 3 aromatic rings. The summed E-state index contributed by atoms with van der Waals surface area (Å²) in [6.07, 6.45) is -10.9. The van der Waals surface area contributed by atoms with Gasteiger partial charge in [0.15, 0.2) is 30.6 Å². The number of rotatable bonds is 11. The van der Waals surface area contributed by atoms with Crippen molar-refractivity contribution in [3.05, 3.63) is 108 Å². The van der Waals surface area contributed by atoms with Crippen molar-refractivity contribution in [3.63, 3.8) is 0 Å². The molecule has 0 aliphatic carbocycles. The van der Waals surface area contributed by atoms with Crippen molar-refractivity contribution in [2.75, 3.05) is 13.2 Å². The van der Waals surface area contributed by atoms with Crippen molar-refractivity contribution < 1.29 is 62.5 Å². The molecule has 3 aliphatic rings. The van der Waals surface area contributed by atoms with Crippen molar-refractivity contribution in [3.8, 4) is 0 Å². The van der Waals surface area contributed by atoms with Gasteiger partial charge < -0.3 is 48.1 Å². The lowest BCUT2D eigenvalue weighted by Gasteiger charge is -2.31. The highest BCUT2D eigenvalue weighted by molar-refractivity contribution is 5.91. The highest BCUT2D eigenvalue weighted by Crippen LogP contribution is 2.42. The lowest BCUT2D eigenvalue weighted by atomic mass is 10.1. The fraction of sp³-hybridized carbons (Fsp3) is 0.400. The van der Waals surface area contributed by atoms with E-state index in [1.807, 2.05) is 0 Å². The van der Waals surface area contributed by atoms with Crippen LogP contribution in [0.1, 0.15) is 44.9 Å². The predicted octanol–water partition coefficient (Wildman–Crippen LogP) is 2.63. The van der Waals surface area contributed by atoms with E-state index in [4.69, 9.17) is 37.9 Å². The highest BCUT2D eigenvalue weighted by atomic mass is 16.9. The molecule has 2 N–H and O–H groups in total. The van der Waals surface area contributed by atoms with Crippen LogP contribution < -0.4 is 0 Å². The van der Waals surface area contributed by atoms with E-state index < -0.39 is 92.2 Å². The summed E-state index contributed by atoms with van der Waals surface area (Å²) in [6, 6.07) is 24.6. The topological polar surface area (TPSA) is 166 Å². The molecule has 0 bridgehead atoms. The quantitative estimate of drug-likeness (QED) is 0.227. The van der Waals surface area contributed by atoms with Crippen molar-refractivity contribution in [2.45, 2.75) is 74.9 Å². The van der Waals surface area contributed by atoms with Crippen LogP contribution in [0, 0.1) is 0 Å². The van der Waals surface area contributed by atoms with Gasteiger partial charge in [-0.05, 0) is 50.2 Å². The smallest absolute Gasteiger partial charge is 0.338 e. The first-order valence-corrected chi connectivity index (χ1v) is 15.5. The van der Waals surface area contributed by atoms with Gasteiger partial charge in [-0.3, -0.25) is 0 Å². The second kappa shape index (κ2) is 14.5. The van der Waals surface area contributed by atoms with Crippen LogP contribution in [-0.2, 0) is 37.9 Å². The van der Waals surface area contributed by atoms with E-state index in [2.05, 4.69) is 0 Å². The first kappa shape index (κ1) is 33.7. The van der Waals surface area contributed by atoms with E-state index in [-0.39, 0.29) is 16.7 Å². The van der Waals surface area contributed by atoms with Crippen molar-refractivity contribution in [1.82, 2.24) is 0 Å². The molecule has 0 saturated carbocycles. The Morgan fingerprint density at radius 1 is 0.729 bits per heavy atom. The van der Waals surface area contributed by atoms with Crippen LogP contribution in [0.2, 0.25) is 0 Å². The van der Waals surface area contributed by atoms with Gasteiger partial charge in [0.1, 0.15) is 37.1 Å². The number of benzene rings is 3. The summed E-state index contributed by atoms with van der Waals surface area (Å²) in [5.74, 6) is -3.25. The summed E-state index contributed by atoms with van der Waals surface area (Å²) in [5.41, 5.74) is 0.701. The number of fused-ring (bicyclic) bond motifs is 1. The van der Waals surface area contributed by atoms with E-state index in [0.29, 0.717) is 0 Å². The number of esters is 3. The zero-order chi connectivity index (χ0) is 33.8. The van der Waals surface area contributed by atoms with E-state index in [1.54, 1.807) is 105 Å². The van der Waals surface area contributed by atoms with Crippen LogP contribution in [0.4, 0.5) is 0 Å². The normalized spacial score (nSPS) is 29.5. The second-order valence-electron chi connectivity index (χ2n) is 11.9. The first-order valence-electron chi connectivity index (χ1n) is 15.5. The molecule has 6 rings (SSSR count). The molecule has 3 aromatic carbocycles. The monoisotopic (exact) mass is 664 g/mol. The maximum Gasteiger partial charge on any atom is 0.338 e. The molecule has 0 amide bonds. The summed E-state index contributed by atoms with van der Waals surface area (Å²) in [4.78, 5) is 39.7. The van der Waals surface area contributed by atoms with Crippen LogP contribution in [0.15, 0.2) is 91.0 Å². The molecule has 3 aliphatic heterocycles.